The van der Waals surface area contributed by atoms with Crippen LogP contribution in [0.5, 0.6) is 0 Å². The van der Waals surface area contributed by atoms with Gasteiger partial charge in [-0.1, -0.05) is 24.3 Å². The number of rotatable bonds is 3. The number of carbonyl (C=O) groups excluding carboxylic acids is 1. The average molecular weight is 339 g/mol. The molecule has 3 aromatic rings. The minimum absolute atomic E-state index is 0.0729. The highest BCUT2D eigenvalue weighted by molar-refractivity contribution is 6.11. The summed E-state index contributed by atoms with van der Waals surface area (Å²) in [7, 11) is 0. The van der Waals surface area contributed by atoms with E-state index in [1.165, 1.54) is 16.8 Å². The van der Waals surface area contributed by atoms with Crippen LogP contribution in [0.4, 0.5) is 10.1 Å². The number of aromatic nitrogens is 2. The largest absolute Gasteiger partial charge is 0.318 e. The Bertz CT molecular complexity index is 1020. The highest BCUT2D eigenvalue weighted by Crippen LogP contribution is 2.19. The number of carbonyl (C=O) groups is 1. The summed E-state index contributed by atoms with van der Waals surface area (Å²) in [5.74, 6) is -1.08. The van der Waals surface area contributed by atoms with E-state index in [0.29, 0.717) is 10.8 Å². The first-order chi connectivity index (χ1) is 11.9. The first-order valence-corrected chi connectivity index (χ1v) is 7.97. The second-order valence-corrected chi connectivity index (χ2v) is 6.18. The van der Waals surface area contributed by atoms with E-state index in [1.54, 1.807) is 37.3 Å². The third-order valence-electron chi connectivity index (χ3n) is 3.91. The minimum atomic E-state index is -0.562. The van der Waals surface area contributed by atoms with E-state index in [4.69, 9.17) is 0 Å². The molecule has 5 nitrogen and oxygen atoms in total. The maximum absolute atomic E-state index is 14.0. The van der Waals surface area contributed by atoms with Crippen molar-refractivity contribution >= 4 is 22.4 Å². The van der Waals surface area contributed by atoms with Crippen molar-refractivity contribution in [1.82, 2.24) is 9.78 Å². The van der Waals surface area contributed by atoms with Gasteiger partial charge in [0.2, 0.25) is 0 Å². The Balaban J connectivity index is 2.12. The third-order valence-corrected chi connectivity index (χ3v) is 3.91. The number of nitrogens with one attached hydrogen (secondary N) is 1. The van der Waals surface area contributed by atoms with E-state index in [1.807, 2.05) is 13.8 Å². The Labute approximate surface area is 144 Å². The van der Waals surface area contributed by atoms with Crippen molar-refractivity contribution in [3.05, 3.63) is 69.9 Å². The van der Waals surface area contributed by atoms with Crippen molar-refractivity contribution < 1.29 is 9.18 Å². The van der Waals surface area contributed by atoms with Crippen LogP contribution in [0.25, 0.3) is 10.8 Å². The van der Waals surface area contributed by atoms with E-state index >= 15 is 0 Å². The zero-order valence-electron chi connectivity index (χ0n) is 14.2. The molecule has 2 aromatic carbocycles. The summed E-state index contributed by atoms with van der Waals surface area (Å²) in [6.45, 7) is 5.39. The van der Waals surface area contributed by atoms with E-state index in [0.717, 1.165) is 5.56 Å². The third kappa shape index (κ3) is 3.15. The molecule has 1 aromatic heterocycles. The van der Waals surface area contributed by atoms with Crippen molar-refractivity contribution in [2.45, 2.75) is 26.8 Å². The van der Waals surface area contributed by atoms with E-state index in [2.05, 4.69) is 10.4 Å². The average Bonchev–Trinajstić information content (AvgIpc) is 2.57. The lowest BCUT2D eigenvalue weighted by Gasteiger charge is -2.13. The summed E-state index contributed by atoms with van der Waals surface area (Å²) in [6.07, 6.45) is 0. The Morgan fingerprint density at radius 3 is 2.48 bits per heavy atom. The first-order valence-electron chi connectivity index (χ1n) is 7.97. The molecule has 0 saturated heterocycles. The normalized spacial score (nSPS) is 11.1. The fourth-order valence-corrected chi connectivity index (χ4v) is 2.63. The van der Waals surface area contributed by atoms with Crippen molar-refractivity contribution in [3.63, 3.8) is 0 Å². The van der Waals surface area contributed by atoms with Gasteiger partial charge in [0.1, 0.15) is 5.82 Å². The molecule has 6 heteroatoms. The fourth-order valence-electron chi connectivity index (χ4n) is 2.63. The minimum Gasteiger partial charge on any atom is -0.318 e. The number of amides is 1. The summed E-state index contributed by atoms with van der Waals surface area (Å²) >= 11 is 0. The molecular weight excluding hydrogens is 321 g/mol. The molecule has 1 amide bonds. The molecule has 0 fully saturated rings. The summed E-state index contributed by atoms with van der Waals surface area (Å²) < 4.78 is 15.3. The second-order valence-electron chi connectivity index (χ2n) is 6.18. The molecule has 0 saturated carbocycles. The van der Waals surface area contributed by atoms with Gasteiger partial charge in [-0.3, -0.25) is 9.59 Å². The molecular formula is C19H18FN3O2. The highest BCUT2D eigenvalue weighted by Gasteiger charge is 2.18. The number of aryl methyl sites for hydroxylation is 1. The lowest BCUT2D eigenvalue weighted by Crippen LogP contribution is -2.29. The quantitative estimate of drug-likeness (QED) is 0.792. The van der Waals surface area contributed by atoms with Crippen LogP contribution < -0.4 is 10.9 Å². The van der Waals surface area contributed by atoms with Crippen LogP contribution in [-0.4, -0.2) is 15.7 Å². The van der Waals surface area contributed by atoms with Gasteiger partial charge in [0.15, 0.2) is 5.69 Å². The number of benzene rings is 2. The van der Waals surface area contributed by atoms with E-state index < -0.39 is 11.7 Å². The van der Waals surface area contributed by atoms with Crippen LogP contribution in [0.15, 0.2) is 47.3 Å². The Hall–Kier alpha value is -3.02. The Morgan fingerprint density at radius 2 is 1.84 bits per heavy atom. The number of fused-ring (bicyclic) bond motifs is 1. The van der Waals surface area contributed by atoms with E-state index in [-0.39, 0.29) is 23.0 Å². The van der Waals surface area contributed by atoms with Crippen LogP contribution in [-0.2, 0) is 0 Å². The molecule has 0 aliphatic carbocycles. The summed E-state index contributed by atoms with van der Waals surface area (Å²) in [5.41, 5.74) is 0.656. The lowest BCUT2D eigenvalue weighted by molar-refractivity contribution is 0.102. The van der Waals surface area contributed by atoms with Crippen molar-refractivity contribution in [3.8, 4) is 0 Å². The number of anilines is 1. The van der Waals surface area contributed by atoms with Gasteiger partial charge < -0.3 is 5.32 Å². The predicted octanol–water partition coefficient (Wildman–Crippen LogP) is 3.68. The molecule has 0 aliphatic heterocycles. The summed E-state index contributed by atoms with van der Waals surface area (Å²) in [6, 6.07) is 11.1. The number of hydrogen-bond donors (Lipinski definition) is 1. The molecule has 1 N–H and O–H groups in total. The van der Waals surface area contributed by atoms with Gasteiger partial charge in [-0.05, 0) is 44.5 Å². The van der Waals surface area contributed by atoms with Crippen LogP contribution in [0.2, 0.25) is 0 Å². The van der Waals surface area contributed by atoms with Crippen LogP contribution in [0.3, 0.4) is 0 Å². The maximum Gasteiger partial charge on any atom is 0.276 e. The molecule has 1 heterocycles. The lowest BCUT2D eigenvalue weighted by atomic mass is 10.1. The molecule has 0 unspecified atom stereocenters. The Morgan fingerprint density at radius 1 is 1.16 bits per heavy atom. The number of hydrogen-bond acceptors (Lipinski definition) is 3. The molecule has 0 spiro atoms. The maximum atomic E-state index is 14.0. The standard InChI is InChI=1S/C19H18FN3O2/c1-11(2)23-19(25)14-7-5-4-6-13(14)17(22-23)18(24)21-16-9-8-12(3)10-15(16)20/h4-11H,1-3H3,(H,21,24). The SMILES string of the molecule is Cc1ccc(NC(=O)c2nn(C(C)C)c(=O)c3ccccc23)c(F)c1. The molecule has 0 radical (unpaired) electrons. The van der Waals surface area contributed by atoms with Gasteiger partial charge in [0.05, 0.1) is 17.1 Å². The molecule has 3 rings (SSSR count). The summed E-state index contributed by atoms with van der Waals surface area (Å²) in [4.78, 5) is 25.2. The molecule has 0 aliphatic rings. The van der Waals surface area contributed by atoms with Crippen LogP contribution in [0.1, 0.15) is 35.9 Å². The molecule has 0 atom stereocenters. The Kier molecular flexibility index (Phi) is 4.35. The topological polar surface area (TPSA) is 64.0 Å². The van der Waals surface area contributed by atoms with Crippen LogP contribution in [0, 0.1) is 12.7 Å². The molecule has 128 valence electrons. The van der Waals surface area contributed by atoms with Gasteiger partial charge in [-0.15, -0.1) is 0 Å². The van der Waals surface area contributed by atoms with Crippen LogP contribution >= 0.6 is 0 Å². The first kappa shape index (κ1) is 16.8. The van der Waals surface area contributed by atoms with Gasteiger partial charge in [-0.2, -0.15) is 5.10 Å². The monoisotopic (exact) mass is 339 g/mol. The van der Waals surface area contributed by atoms with Gasteiger partial charge in [0, 0.05) is 5.39 Å². The number of nitrogens with zero attached hydrogens (tertiary/aromatic N) is 2. The van der Waals surface area contributed by atoms with Gasteiger partial charge >= 0.3 is 0 Å². The second kappa shape index (κ2) is 6.47. The zero-order valence-corrected chi connectivity index (χ0v) is 14.2. The van der Waals surface area contributed by atoms with Crippen molar-refractivity contribution in [2.24, 2.45) is 0 Å². The summed E-state index contributed by atoms with van der Waals surface area (Å²) in [5, 5.41) is 7.60. The van der Waals surface area contributed by atoms with E-state index in [9.17, 15) is 14.0 Å². The van der Waals surface area contributed by atoms with Gasteiger partial charge in [0.25, 0.3) is 11.5 Å². The predicted molar refractivity (Wildman–Crippen MR) is 95.5 cm³/mol. The number of halogens is 1. The molecule has 25 heavy (non-hydrogen) atoms. The molecule has 0 bridgehead atoms. The van der Waals surface area contributed by atoms with Crippen molar-refractivity contribution in [1.29, 1.82) is 0 Å². The van der Waals surface area contributed by atoms with Crippen molar-refractivity contribution in [2.75, 3.05) is 5.32 Å². The van der Waals surface area contributed by atoms with Gasteiger partial charge in [-0.25, -0.2) is 9.07 Å². The zero-order chi connectivity index (χ0) is 18.1. The smallest absolute Gasteiger partial charge is 0.276 e. The fraction of sp³-hybridized carbons (Fsp3) is 0.211. The highest BCUT2D eigenvalue weighted by atomic mass is 19.1.